The minimum absolute atomic E-state index is 0.0325. The van der Waals surface area contributed by atoms with Crippen molar-refractivity contribution in [3.63, 3.8) is 0 Å². The van der Waals surface area contributed by atoms with Gasteiger partial charge in [0, 0.05) is 5.56 Å². The van der Waals surface area contributed by atoms with E-state index in [1.807, 2.05) is 19.1 Å². The Hall–Kier alpha value is -1.06. The lowest BCUT2D eigenvalue weighted by molar-refractivity contribution is -0.117. The molecule has 0 saturated heterocycles. The van der Waals surface area contributed by atoms with Crippen molar-refractivity contribution in [1.29, 1.82) is 0 Å². The Morgan fingerprint density at radius 1 is 1.57 bits per heavy atom. The average molecular weight is 211 g/mol. The van der Waals surface area contributed by atoms with Crippen LogP contribution in [0.25, 0.3) is 0 Å². The second kappa shape index (κ2) is 3.59. The van der Waals surface area contributed by atoms with E-state index in [0.29, 0.717) is 5.02 Å². The molecule has 1 aliphatic heterocycles. The number of likely N-dealkylation sites (N-methyl/N-ethyl adjacent to an activating group) is 1. The Balaban J connectivity index is 2.42. The molecule has 3 nitrogen and oxygen atoms in total. The predicted molar refractivity (Wildman–Crippen MR) is 56.5 cm³/mol. The number of amides is 1. The maximum atomic E-state index is 11.5. The van der Waals surface area contributed by atoms with Crippen molar-refractivity contribution in [2.45, 2.75) is 13.0 Å². The van der Waals surface area contributed by atoms with Crippen molar-refractivity contribution in [3.05, 3.63) is 28.8 Å². The highest BCUT2D eigenvalue weighted by Gasteiger charge is 2.30. The third kappa shape index (κ3) is 1.38. The van der Waals surface area contributed by atoms with Gasteiger partial charge in [-0.05, 0) is 12.6 Å². The Kier molecular flexibility index (Phi) is 2.44. The number of hydrogen-bond donors (Lipinski definition) is 2. The van der Waals surface area contributed by atoms with Gasteiger partial charge >= 0.3 is 0 Å². The standard InChI is InChI=1S/C10H11ClN2O/c1-2-12-9-6-4-3-5-7(11)8(6)13-10(9)14/h3-5,9,12H,2H2,1H3,(H,13,14). The van der Waals surface area contributed by atoms with Crippen LogP contribution in [0, 0.1) is 0 Å². The van der Waals surface area contributed by atoms with E-state index in [1.165, 1.54) is 0 Å². The van der Waals surface area contributed by atoms with E-state index in [4.69, 9.17) is 11.6 Å². The highest BCUT2D eigenvalue weighted by molar-refractivity contribution is 6.34. The molecule has 1 unspecified atom stereocenters. The molecule has 1 aromatic rings. The van der Waals surface area contributed by atoms with Crippen LogP contribution in [0.3, 0.4) is 0 Å². The molecule has 0 bridgehead atoms. The number of benzene rings is 1. The molecule has 14 heavy (non-hydrogen) atoms. The van der Waals surface area contributed by atoms with Crippen LogP contribution in [0.2, 0.25) is 5.02 Å². The largest absolute Gasteiger partial charge is 0.323 e. The van der Waals surface area contributed by atoms with Gasteiger partial charge in [0.2, 0.25) is 5.91 Å². The predicted octanol–water partition coefficient (Wildman–Crippen LogP) is 1.94. The highest BCUT2D eigenvalue weighted by atomic mass is 35.5. The summed E-state index contributed by atoms with van der Waals surface area (Å²) in [5.74, 6) is -0.0325. The molecular weight excluding hydrogens is 200 g/mol. The summed E-state index contributed by atoms with van der Waals surface area (Å²) in [6.45, 7) is 2.72. The van der Waals surface area contributed by atoms with Gasteiger partial charge in [0.05, 0.1) is 10.7 Å². The van der Waals surface area contributed by atoms with Gasteiger partial charge in [0.15, 0.2) is 0 Å². The number of carbonyl (C=O) groups is 1. The molecule has 2 N–H and O–H groups in total. The molecule has 74 valence electrons. The first kappa shape index (κ1) is 9.49. The van der Waals surface area contributed by atoms with Gasteiger partial charge in [-0.1, -0.05) is 30.7 Å². The molecule has 4 heteroatoms. The summed E-state index contributed by atoms with van der Waals surface area (Å²) < 4.78 is 0. The van der Waals surface area contributed by atoms with Crippen LogP contribution in [-0.4, -0.2) is 12.5 Å². The first-order valence-electron chi connectivity index (χ1n) is 4.56. The number of carbonyl (C=O) groups excluding carboxylic acids is 1. The molecule has 1 amide bonds. The van der Waals surface area contributed by atoms with Crippen LogP contribution in [0.1, 0.15) is 18.5 Å². The third-order valence-electron chi connectivity index (χ3n) is 2.28. The van der Waals surface area contributed by atoms with Gasteiger partial charge < -0.3 is 10.6 Å². The monoisotopic (exact) mass is 210 g/mol. The molecule has 1 heterocycles. The zero-order valence-corrected chi connectivity index (χ0v) is 8.56. The summed E-state index contributed by atoms with van der Waals surface area (Å²) >= 11 is 5.96. The molecular formula is C10H11ClN2O. The van der Waals surface area contributed by atoms with Gasteiger partial charge in [0.1, 0.15) is 6.04 Å². The molecule has 0 saturated carbocycles. The minimum Gasteiger partial charge on any atom is -0.323 e. The van der Waals surface area contributed by atoms with Crippen LogP contribution in [0.15, 0.2) is 18.2 Å². The number of hydrogen-bond acceptors (Lipinski definition) is 2. The summed E-state index contributed by atoms with van der Waals surface area (Å²) in [6, 6.07) is 5.28. The van der Waals surface area contributed by atoms with Crippen molar-refractivity contribution in [1.82, 2.24) is 5.32 Å². The van der Waals surface area contributed by atoms with Crippen molar-refractivity contribution < 1.29 is 4.79 Å². The van der Waals surface area contributed by atoms with Crippen LogP contribution in [0.4, 0.5) is 5.69 Å². The van der Waals surface area contributed by atoms with Gasteiger partial charge in [0.25, 0.3) is 0 Å². The molecule has 1 aliphatic rings. The summed E-state index contributed by atoms with van der Waals surface area (Å²) in [6.07, 6.45) is 0. The molecule has 2 rings (SSSR count). The van der Waals surface area contributed by atoms with Crippen molar-refractivity contribution >= 4 is 23.2 Å². The lowest BCUT2D eigenvalue weighted by atomic mass is 10.1. The smallest absolute Gasteiger partial charge is 0.246 e. The highest BCUT2D eigenvalue weighted by Crippen LogP contribution is 2.35. The van der Waals surface area contributed by atoms with E-state index in [1.54, 1.807) is 6.07 Å². The van der Waals surface area contributed by atoms with E-state index in [0.717, 1.165) is 17.8 Å². The summed E-state index contributed by atoms with van der Waals surface area (Å²) in [5.41, 5.74) is 1.68. The number of rotatable bonds is 2. The first-order valence-corrected chi connectivity index (χ1v) is 4.94. The molecule has 1 aromatic carbocycles. The molecule has 0 aromatic heterocycles. The minimum atomic E-state index is -0.256. The Morgan fingerprint density at radius 2 is 2.36 bits per heavy atom. The Morgan fingerprint density at radius 3 is 3.07 bits per heavy atom. The number of para-hydroxylation sites is 1. The fourth-order valence-corrected chi connectivity index (χ4v) is 1.89. The van der Waals surface area contributed by atoms with E-state index in [9.17, 15) is 4.79 Å². The number of nitrogens with one attached hydrogen (secondary N) is 2. The fraction of sp³-hybridized carbons (Fsp3) is 0.300. The van der Waals surface area contributed by atoms with Crippen LogP contribution in [-0.2, 0) is 4.79 Å². The number of halogens is 1. The fourth-order valence-electron chi connectivity index (χ4n) is 1.66. The van der Waals surface area contributed by atoms with Crippen LogP contribution < -0.4 is 10.6 Å². The van der Waals surface area contributed by atoms with Crippen LogP contribution >= 0.6 is 11.6 Å². The van der Waals surface area contributed by atoms with E-state index in [-0.39, 0.29) is 11.9 Å². The Bertz CT molecular complexity index is 378. The maximum Gasteiger partial charge on any atom is 0.246 e. The molecule has 1 atom stereocenters. The molecule has 0 fully saturated rings. The van der Waals surface area contributed by atoms with Crippen LogP contribution in [0.5, 0.6) is 0 Å². The van der Waals surface area contributed by atoms with Crippen molar-refractivity contribution in [2.24, 2.45) is 0 Å². The maximum absolute atomic E-state index is 11.5. The average Bonchev–Trinajstić information content (AvgIpc) is 2.47. The quantitative estimate of drug-likeness (QED) is 0.784. The summed E-state index contributed by atoms with van der Waals surface area (Å²) in [4.78, 5) is 11.5. The number of anilines is 1. The van der Waals surface area contributed by atoms with E-state index >= 15 is 0 Å². The van der Waals surface area contributed by atoms with Gasteiger partial charge in [-0.25, -0.2) is 0 Å². The third-order valence-corrected chi connectivity index (χ3v) is 2.59. The molecule has 0 spiro atoms. The van der Waals surface area contributed by atoms with E-state index < -0.39 is 0 Å². The second-order valence-corrected chi connectivity index (χ2v) is 3.59. The zero-order chi connectivity index (χ0) is 10.1. The topological polar surface area (TPSA) is 41.1 Å². The van der Waals surface area contributed by atoms with Crippen molar-refractivity contribution in [2.75, 3.05) is 11.9 Å². The van der Waals surface area contributed by atoms with Gasteiger partial charge in [-0.15, -0.1) is 0 Å². The molecule has 0 radical (unpaired) electrons. The second-order valence-electron chi connectivity index (χ2n) is 3.18. The number of fused-ring (bicyclic) bond motifs is 1. The summed E-state index contributed by atoms with van der Waals surface area (Å²) in [5, 5.41) is 6.47. The molecule has 0 aliphatic carbocycles. The van der Waals surface area contributed by atoms with Gasteiger partial charge in [-0.2, -0.15) is 0 Å². The SMILES string of the molecule is CCNC1C(=O)Nc2c(Cl)cccc21. The first-order chi connectivity index (χ1) is 6.74. The Labute approximate surface area is 87.4 Å². The summed E-state index contributed by atoms with van der Waals surface area (Å²) in [7, 11) is 0. The lowest BCUT2D eigenvalue weighted by Crippen LogP contribution is -2.27. The zero-order valence-electron chi connectivity index (χ0n) is 7.80. The van der Waals surface area contributed by atoms with Crippen molar-refractivity contribution in [3.8, 4) is 0 Å². The van der Waals surface area contributed by atoms with E-state index in [2.05, 4.69) is 10.6 Å². The van der Waals surface area contributed by atoms with Gasteiger partial charge in [-0.3, -0.25) is 4.79 Å². The lowest BCUT2D eigenvalue weighted by Gasteiger charge is -2.08. The normalized spacial score (nSPS) is 19.3.